The Labute approximate surface area is 254 Å². The van der Waals surface area contributed by atoms with Crippen LogP contribution in [0, 0.1) is 0 Å². The van der Waals surface area contributed by atoms with Crippen molar-refractivity contribution in [1.29, 1.82) is 0 Å². The van der Waals surface area contributed by atoms with Crippen molar-refractivity contribution in [3.05, 3.63) is 181 Å². The molecule has 0 amide bonds. The van der Waals surface area contributed by atoms with Crippen LogP contribution in [0.25, 0.3) is 55.1 Å². The maximum atomic E-state index is 3.86. The van der Waals surface area contributed by atoms with E-state index in [1.54, 1.807) is 0 Å². The first kappa shape index (κ1) is 26.7. The van der Waals surface area contributed by atoms with Crippen LogP contribution in [0.1, 0.15) is 36.1 Å². The summed E-state index contributed by atoms with van der Waals surface area (Å²) in [6, 6.07) is 39.9. The molecule has 7 rings (SSSR count). The van der Waals surface area contributed by atoms with E-state index in [2.05, 4.69) is 166 Å². The Kier molecular flexibility index (Phi) is 6.76. The van der Waals surface area contributed by atoms with Gasteiger partial charge >= 0.3 is 0 Å². The number of rotatable bonds is 6. The van der Waals surface area contributed by atoms with E-state index < -0.39 is 0 Å². The lowest BCUT2D eigenvalue weighted by molar-refractivity contribution is 0.660. The zero-order valence-electron chi connectivity index (χ0n) is 24.7. The van der Waals surface area contributed by atoms with Crippen molar-refractivity contribution in [3.8, 4) is 11.1 Å². The second kappa shape index (κ2) is 10.9. The fourth-order valence-corrected chi connectivity index (χ4v) is 6.74. The molecule has 43 heavy (non-hydrogen) atoms. The Morgan fingerprint density at radius 2 is 1.33 bits per heavy atom. The average molecular weight is 551 g/mol. The number of benzene rings is 6. The Balaban J connectivity index is 1.28. The summed E-state index contributed by atoms with van der Waals surface area (Å²) in [6.45, 7) is 8.52. The quantitative estimate of drug-likeness (QED) is 0.143. The van der Waals surface area contributed by atoms with Gasteiger partial charge in [-0.3, -0.25) is 0 Å². The van der Waals surface area contributed by atoms with E-state index in [0.29, 0.717) is 0 Å². The molecule has 0 bridgehead atoms. The lowest BCUT2D eigenvalue weighted by Gasteiger charge is -2.21. The predicted molar refractivity (Wildman–Crippen MR) is 188 cm³/mol. The van der Waals surface area contributed by atoms with Crippen LogP contribution in [0.2, 0.25) is 0 Å². The molecule has 0 unspecified atom stereocenters. The molecule has 0 aromatic heterocycles. The second-order valence-corrected chi connectivity index (χ2v) is 11.8. The van der Waals surface area contributed by atoms with Crippen LogP contribution in [0.4, 0.5) is 0 Å². The van der Waals surface area contributed by atoms with E-state index in [4.69, 9.17) is 0 Å². The number of hydrogen-bond donors (Lipinski definition) is 0. The zero-order chi connectivity index (χ0) is 29.4. The summed E-state index contributed by atoms with van der Waals surface area (Å²) >= 11 is 0. The van der Waals surface area contributed by atoms with Gasteiger partial charge in [0.05, 0.1) is 0 Å². The monoisotopic (exact) mass is 550 g/mol. The molecule has 0 heteroatoms. The third kappa shape index (κ3) is 4.66. The van der Waals surface area contributed by atoms with Gasteiger partial charge in [0.2, 0.25) is 0 Å². The molecule has 6 aromatic rings. The summed E-state index contributed by atoms with van der Waals surface area (Å²) in [5.41, 5.74) is 9.09. The van der Waals surface area contributed by atoms with E-state index in [1.165, 1.54) is 65.7 Å². The Bertz CT molecular complexity index is 2160. The smallest absolute Gasteiger partial charge is 0.0159 e. The third-order valence-electron chi connectivity index (χ3n) is 8.86. The Morgan fingerprint density at radius 1 is 0.605 bits per heavy atom. The molecule has 0 saturated heterocycles. The van der Waals surface area contributed by atoms with Gasteiger partial charge in [-0.1, -0.05) is 172 Å². The van der Waals surface area contributed by atoms with E-state index in [1.807, 2.05) is 12.2 Å². The summed E-state index contributed by atoms with van der Waals surface area (Å²) in [6.07, 6.45) is 16.8. The number of hydrogen-bond acceptors (Lipinski definition) is 0. The first-order valence-electron chi connectivity index (χ1n) is 15.0. The molecular formula is C43H34. The average Bonchev–Trinajstić information content (AvgIpc) is 3.27. The van der Waals surface area contributed by atoms with Gasteiger partial charge in [-0.2, -0.15) is 0 Å². The van der Waals surface area contributed by atoms with Gasteiger partial charge in [0.15, 0.2) is 0 Å². The molecule has 0 saturated carbocycles. The van der Waals surface area contributed by atoms with E-state index >= 15 is 0 Å². The minimum absolute atomic E-state index is 0.00146. The van der Waals surface area contributed by atoms with Crippen LogP contribution in [0.5, 0.6) is 0 Å². The minimum atomic E-state index is 0.00146. The van der Waals surface area contributed by atoms with Gasteiger partial charge in [0, 0.05) is 5.41 Å². The van der Waals surface area contributed by atoms with Crippen LogP contribution in [-0.4, -0.2) is 0 Å². The summed E-state index contributed by atoms with van der Waals surface area (Å²) in [5.74, 6) is 0. The van der Waals surface area contributed by atoms with Crippen molar-refractivity contribution in [2.75, 3.05) is 0 Å². The second-order valence-electron chi connectivity index (χ2n) is 11.8. The maximum Gasteiger partial charge on any atom is 0.0159 e. The summed E-state index contributed by atoms with van der Waals surface area (Å²) < 4.78 is 0. The molecule has 206 valence electrons. The predicted octanol–water partition coefficient (Wildman–Crippen LogP) is 11.8. The van der Waals surface area contributed by atoms with Gasteiger partial charge < -0.3 is 0 Å². The Morgan fingerprint density at radius 3 is 2.19 bits per heavy atom. The van der Waals surface area contributed by atoms with Crippen molar-refractivity contribution in [1.82, 2.24) is 0 Å². The van der Waals surface area contributed by atoms with Gasteiger partial charge in [-0.15, -0.1) is 0 Å². The third-order valence-corrected chi connectivity index (χ3v) is 8.86. The number of fused-ring (bicyclic) bond motifs is 8. The molecule has 0 N–H and O–H groups in total. The fraction of sp³-hybridized carbons (Fsp3) is 0.0698. The molecule has 0 aliphatic heterocycles. The SMILES string of the molecule is C=C/C=C/C=C(\C=C\C=C\c1ccc2c(c1)C(C)(C)c1ccccc1-2)c1cc2ccc3ccccc3c2c2ccccc12. The summed E-state index contributed by atoms with van der Waals surface area (Å²) in [7, 11) is 0. The molecule has 0 heterocycles. The first-order chi connectivity index (χ1) is 21.1. The van der Waals surface area contributed by atoms with Crippen molar-refractivity contribution >= 4 is 44.0 Å². The highest BCUT2D eigenvalue weighted by molar-refractivity contribution is 6.22. The normalized spacial score (nSPS) is 14.4. The summed E-state index contributed by atoms with van der Waals surface area (Å²) in [5, 5.41) is 7.64. The van der Waals surface area contributed by atoms with Gasteiger partial charge in [0.1, 0.15) is 0 Å². The molecular weight excluding hydrogens is 516 g/mol. The molecule has 6 aromatic carbocycles. The fourth-order valence-electron chi connectivity index (χ4n) is 6.74. The van der Waals surface area contributed by atoms with Gasteiger partial charge in [-0.05, 0) is 77.3 Å². The largest absolute Gasteiger partial charge is 0.0991 e. The molecule has 0 atom stereocenters. The highest BCUT2D eigenvalue weighted by Crippen LogP contribution is 2.48. The topological polar surface area (TPSA) is 0 Å². The standard InChI is InChI=1S/C43H34/c1-4-5-6-16-31(17-8-7-15-30-24-27-37-36-21-13-14-23-40(36)43(2,3)41(37)28-30)39-29-33-26-25-32-18-9-10-19-34(32)42(33)38-22-12-11-20-35(38)39/h4-29H,1H2,2-3H3/b6-5+,15-7+,17-8+,31-16+. The highest BCUT2D eigenvalue weighted by Gasteiger charge is 2.34. The molecule has 1 aliphatic carbocycles. The molecule has 1 aliphatic rings. The van der Waals surface area contributed by atoms with Crippen molar-refractivity contribution in [2.45, 2.75) is 19.3 Å². The van der Waals surface area contributed by atoms with Crippen LogP contribution in [0.15, 0.2) is 158 Å². The van der Waals surface area contributed by atoms with Crippen LogP contribution >= 0.6 is 0 Å². The van der Waals surface area contributed by atoms with E-state index in [0.717, 1.165) is 5.57 Å². The molecule has 0 radical (unpaired) electrons. The number of allylic oxidation sites excluding steroid dienone is 8. The van der Waals surface area contributed by atoms with Gasteiger partial charge in [-0.25, -0.2) is 0 Å². The summed E-state index contributed by atoms with van der Waals surface area (Å²) in [4.78, 5) is 0. The van der Waals surface area contributed by atoms with Crippen LogP contribution in [0.3, 0.4) is 0 Å². The van der Waals surface area contributed by atoms with Crippen molar-refractivity contribution in [3.63, 3.8) is 0 Å². The van der Waals surface area contributed by atoms with E-state index in [-0.39, 0.29) is 5.41 Å². The Hall–Kier alpha value is -5.20. The van der Waals surface area contributed by atoms with Crippen molar-refractivity contribution < 1.29 is 0 Å². The van der Waals surface area contributed by atoms with Crippen LogP contribution in [-0.2, 0) is 5.41 Å². The van der Waals surface area contributed by atoms with Crippen molar-refractivity contribution in [2.24, 2.45) is 0 Å². The molecule has 0 nitrogen and oxygen atoms in total. The van der Waals surface area contributed by atoms with Crippen LogP contribution < -0.4 is 0 Å². The lowest BCUT2D eigenvalue weighted by atomic mass is 9.82. The molecule has 0 spiro atoms. The maximum absolute atomic E-state index is 3.86. The van der Waals surface area contributed by atoms with E-state index in [9.17, 15) is 0 Å². The highest BCUT2D eigenvalue weighted by atomic mass is 14.4. The lowest BCUT2D eigenvalue weighted by Crippen LogP contribution is -2.14. The minimum Gasteiger partial charge on any atom is -0.0991 e. The zero-order valence-corrected chi connectivity index (χ0v) is 24.7. The van der Waals surface area contributed by atoms with Gasteiger partial charge in [0.25, 0.3) is 0 Å². The molecule has 0 fully saturated rings. The first-order valence-corrected chi connectivity index (χ1v) is 15.0.